The monoisotopic (exact) mass is 440 g/mol. The van der Waals surface area contributed by atoms with Gasteiger partial charge in [-0.1, -0.05) is 24.1 Å². The highest BCUT2D eigenvalue weighted by Gasteiger charge is 2.17. The van der Waals surface area contributed by atoms with E-state index < -0.39 is 0 Å². The van der Waals surface area contributed by atoms with Gasteiger partial charge in [0.2, 0.25) is 5.91 Å². The van der Waals surface area contributed by atoms with Crippen LogP contribution in [0.2, 0.25) is 0 Å². The molecule has 0 unspecified atom stereocenters. The minimum absolute atomic E-state index is 0.0896. The third-order valence-corrected chi connectivity index (χ3v) is 5.77. The number of unbranched alkanes of at least 4 members (excludes halogenated alkanes) is 2. The molecule has 0 radical (unpaired) electrons. The maximum absolute atomic E-state index is 14.6. The Morgan fingerprint density at radius 1 is 1.03 bits per heavy atom. The first-order valence-corrected chi connectivity index (χ1v) is 11.4. The zero-order chi connectivity index (χ0) is 22.9. The molecular weight excluding hydrogens is 407 g/mol. The third kappa shape index (κ3) is 6.70. The molecule has 0 atom stereocenters. The third-order valence-electron chi connectivity index (χ3n) is 5.77. The number of nitrogens with two attached hydrogens (primary N) is 1. The molecule has 1 heterocycles. The van der Waals surface area contributed by atoms with Crippen molar-refractivity contribution in [2.45, 2.75) is 51.9 Å². The van der Waals surface area contributed by atoms with Crippen LogP contribution in [-0.2, 0) is 4.79 Å². The van der Waals surface area contributed by atoms with Crippen molar-refractivity contribution in [3.05, 3.63) is 53.3 Å². The summed E-state index contributed by atoms with van der Waals surface area (Å²) >= 11 is 0. The molecule has 0 aliphatic carbocycles. The van der Waals surface area contributed by atoms with Crippen LogP contribution in [0.15, 0.2) is 36.4 Å². The molecule has 1 fully saturated rings. The quantitative estimate of drug-likeness (QED) is 0.392. The van der Waals surface area contributed by atoms with Crippen LogP contribution in [0.4, 0.5) is 21.5 Å². The van der Waals surface area contributed by atoms with Crippen LogP contribution in [0.5, 0.6) is 0 Å². The Morgan fingerprint density at radius 3 is 2.47 bits per heavy atom. The normalized spacial score (nSPS) is 13.6. The Hall–Kier alpha value is -3.09. The SMILES string of the molecule is Cc1ccc(C(=O)NCCCCCC(=O)Nc2cc(F)c(N3CCCCC3)cc2N)cc1. The minimum Gasteiger partial charge on any atom is -0.397 e. The van der Waals surface area contributed by atoms with Crippen molar-refractivity contribution in [2.24, 2.45) is 0 Å². The van der Waals surface area contributed by atoms with Crippen molar-refractivity contribution in [3.63, 3.8) is 0 Å². The summed E-state index contributed by atoms with van der Waals surface area (Å²) in [6.07, 6.45) is 5.86. The molecule has 1 aliphatic rings. The molecule has 172 valence electrons. The molecular formula is C25H33FN4O2. The number of nitrogen functional groups attached to an aromatic ring is 1. The fourth-order valence-electron chi connectivity index (χ4n) is 3.87. The standard InChI is InChI=1S/C25H33FN4O2/c1-18-9-11-19(12-10-18)25(32)28-13-5-2-4-8-24(31)29-22-16-20(26)23(17-21(22)27)30-14-6-3-7-15-30/h9-12,16-17H,2-8,13-15,27H2,1H3,(H,28,32)(H,29,31). The highest BCUT2D eigenvalue weighted by molar-refractivity contribution is 5.95. The van der Waals surface area contributed by atoms with Crippen LogP contribution in [0.3, 0.4) is 0 Å². The number of anilines is 3. The van der Waals surface area contributed by atoms with Crippen LogP contribution in [0, 0.1) is 12.7 Å². The van der Waals surface area contributed by atoms with Gasteiger partial charge in [0, 0.05) is 37.7 Å². The molecule has 0 aromatic heterocycles. The predicted octanol–water partition coefficient (Wildman–Crippen LogP) is 4.64. The Morgan fingerprint density at radius 2 is 1.75 bits per heavy atom. The molecule has 2 amide bonds. The molecule has 2 aromatic rings. The Kier molecular flexibility index (Phi) is 8.48. The van der Waals surface area contributed by atoms with E-state index in [1.165, 1.54) is 12.5 Å². The number of carbonyl (C=O) groups excluding carboxylic acids is 2. The number of hydrogen-bond acceptors (Lipinski definition) is 4. The lowest BCUT2D eigenvalue weighted by atomic mass is 10.1. The number of carbonyl (C=O) groups is 2. The van der Waals surface area contributed by atoms with Gasteiger partial charge in [-0.25, -0.2) is 4.39 Å². The van der Waals surface area contributed by atoms with Gasteiger partial charge in [-0.2, -0.15) is 0 Å². The topological polar surface area (TPSA) is 87.5 Å². The van der Waals surface area contributed by atoms with Crippen molar-refractivity contribution >= 4 is 28.9 Å². The second-order valence-electron chi connectivity index (χ2n) is 8.42. The average Bonchev–Trinajstić information content (AvgIpc) is 2.79. The zero-order valence-corrected chi connectivity index (χ0v) is 18.8. The highest BCUT2D eigenvalue weighted by atomic mass is 19.1. The number of amides is 2. The predicted molar refractivity (Wildman–Crippen MR) is 127 cm³/mol. The molecule has 7 heteroatoms. The Balaban J connectivity index is 1.37. The first kappa shape index (κ1) is 23.6. The number of piperidine rings is 1. The lowest BCUT2D eigenvalue weighted by Crippen LogP contribution is -2.30. The van der Waals surface area contributed by atoms with E-state index in [4.69, 9.17) is 5.73 Å². The van der Waals surface area contributed by atoms with Gasteiger partial charge in [-0.3, -0.25) is 9.59 Å². The fourth-order valence-corrected chi connectivity index (χ4v) is 3.87. The van der Waals surface area contributed by atoms with Crippen LogP contribution in [0.1, 0.15) is 60.9 Å². The molecule has 1 aliphatic heterocycles. The van der Waals surface area contributed by atoms with Crippen LogP contribution < -0.4 is 21.3 Å². The van der Waals surface area contributed by atoms with Gasteiger partial charge in [0.15, 0.2) is 0 Å². The average molecular weight is 441 g/mol. The van der Waals surface area contributed by atoms with Gasteiger partial charge >= 0.3 is 0 Å². The molecule has 1 saturated heterocycles. The van der Waals surface area contributed by atoms with Crippen LogP contribution in [0.25, 0.3) is 0 Å². The number of hydrogen-bond donors (Lipinski definition) is 3. The Bertz CT molecular complexity index is 924. The van der Waals surface area contributed by atoms with E-state index in [1.54, 1.807) is 6.07 Å². The summed E-state index contributed by atoms with van der Waals surface area (Å²) in [5.41, 5.74) is 9.03. The lowest BCUT2D eigenvalue weighted by Gasteiger charge is -2.29. The number of aryl methyl sites for hydroxylation is 1. The van der Waals surface area contributed by atoms with E-state index in [1.807, 2.05) is 36.1 Å². The first-order valence-electron chi connectivity index (χ1n) is 11.4. The van der Waals surface area contributed by atoms with Crippen LogP contribution >= 0.6 is 0 Å². The molecule has 2 aromatic carbocycles. The Labute approximate surface area is 189 Å². The van der Waals surface area contributed by atoms with Crippen LogP contribution in [-0.4, -0.2) is 31.4 Å². The summed E-state index contributed by atoms with van der Waals surface area (Å²) in [5.74, 6) is -0.639. The number of rotatable bonds is 9. The number of nitrogens with zero attached hydrogens (tertiary/aromatic N) is 1. The van der Waals surface area contributed by atoms with Gasteiger partial charge in [0.05, 0.1) is 17.1 Å². The fraction of sp³-hybridized carbons (Fsp3) is 0.440. The molecule has 6 nitrogen and oxygen atoms in total. The van der Waals surface area contributed by atoms with E-state index in [0.29, 0.717) is 42.0 Å². The van der Waals surface area contributed by atoms with Gasteiger partial charge in [0.1, 0.15) is 5.82 Å². The first-order chi connectivity index (χ1) is 15.4. The summed E-state index contributed by atoms with van der Waals surface area (Å²) < 4.78 is 14.6. The van der Waals surface area contributed by atoms with Gasteiger partial charge in [0.25, 0.3) is 5.91 Å². The second-order valence-corrected chi connectivity index (χ2v) is 8.42. The molecule has 0 bridgehead atoms. The van der Waals surface area contributed by atoms with Gasteiger partial charge in [-0.05, 0) is 57.2 Å². The van der Waals surface area contributed by atoms with E-state index in [-0.39, 0.29) is 17.6 Å². The maximum atomic E-state index is 14.6. The van der Waals surface area contributed by atoms with E-state index in [9.17, 15) is 14.0 Å². The van der Waals surface area contributed by atoms with Gasteiger partial charge in [-0.15, -0.1) is 0 Å². The van der Waals surface area contributed by atoms with E-state index in [2.05, 4.69) is 10.6 Å². The molecule has 0 spiro atoms. The van der Waals surface area contributed by atoms with Crippen molar-refractivity contribution in [1.82, 2.24) is 5.32 Å². The van der Waals surface area contributed by atoms with Gasteiger partial charge < -0.3 is 21.3 Å². The lowest BCUT2D eigenvalue weighted by molar-refractivity contribution is -0.116. The number of halogens is 1. The molecule has 32 heavy (non-hydrogen) atoms. The van der Waals surface area contributed by atoms with Crippen molar-refractivity contribution < 1.29 is 14.0 Å². The van der Waals surface area contributed by atoms with E-state index in [0.717, 1.165) is 44.3 Å². The minimum atomic E-state index is -0.360. The summed E-state index contributed by atoms with van der Waals surface area (Å²) in [4.78, 5) is 26.3. The van der Waals surface area contributed by atoms with E-state index >= 15 is 0 Å². The smallest absolute Gasteiger partial charge is 0.251 e. The maximum Gasteiger partial charge on any atom is 0.251 e. The second kappa shape index (κ2) is 11.5. The largest absolute Gasteiger partial charge is 0.397 e. The summed E-state index contributed by atoms with van der Waals surface area (Å²) in [7, 11) is 0. The van der Waals surface area contributed by atoms with Crippen molar-refractivity contribution in [3.8, 4) is 0 Å². The number of benzene rings is 2. The summed E-state index contributed by atoms with van der Waals surface area (Å²) in [5, 5.41) is 5.61. The molecule has 0 saturated carbocycles. The molecule has 4 N–H and O–H groups in total. The zero-order valence-electron chi connectivity index (χ0n) is 18.8. The highest BCUT2D eigenvalue weighted by Crippen LogP contribution is 2.30. The van der Waals surface area contributed by atoms with Crippen molar-refractivity contribution in [1.29, 1.82) is 0 Å². The number of nitrogens with one attached hydrogen (secondary N) is 2. The molecule has 3 rings (SSSR count). The van der Waals surface area contributed by atoms with Crippen molar-refractivity contribution in [2.75, 3.05) is 35.6 Å². The summed E-state index contributed by atoms with van der Waals surface area (Å²) in [6, 6.07) is 10.4. The summed E-state index contributed by atoms with van der Waals surface area (Å²) in [6.45, 7) is 4.19.